The SMILES string of the molecule is CCOc1cc([C@H]2C(C#N)=C(N)Oc3n[nH]c(C)c32)cc(I)c1OCc1cccc(Cl)c1. The minimum atomic E-state index is -0.433. The maximum atomic E-state index is 9.81. The molecular weight excluding hydrogens is 543 g/mol. The lowest BCUT2D eigenvalue weighted by atomic mass is 9.84. The lowest BCUT2D eigenvalue weighted by molar-refractivity contribution is 0.267. The summed E-state index contributed by atoms with van der Waals surface area (Å²) in [5.41, 5.74) is 9.74. The summed E-state index contributed by atoms with van der Waals surface area (Å²) in [5.74, 6) is 1.20. The third-order valence-electron chi connectivity index (χ3n) is 5.07. The van der Waals surface area contributed by atoms with E-state index >= 15 is 0 Å². The maximum absolute atomic E-state index is 9.81. The van der Waals surface area contributed by atoms with Crippen LogP contribution in [-0.2, 0) is 6.61 Å². The van der Waals surface area contributed by atoms with E-state index in [1.54, 1.807) is 0 Å². The summed E-state index contributed by atoms with van der Waals surface area (Å²) in [7, 11) is 0. The molecule has 1 atom stereocenters. The summed E-state index contributed by atoms with van der Waals surface area (Å²) in [5, 5.41) is 17.6. The number of benzene rings is 2. The first kappa shape index (κ1) is 22.3. The van der Waals surface area contributed by atoms with Crippen molar-refractivity contribution in [3.63, 3.8) is 0 Å². The fourth-order valence-corrected chi connectivity index (χ4v) is 4.67. The third-order valence-corrected chi connectivity index (χ3v) is 6.10. The van der Waals surface area contributed by atoms with Crippen LogP contribution >= 0.6 is 34.2 Å². The van der Waals surface area contributed by atoms with Crippen molar-refractivity contribution in [2.24, 2.45) is 5.73 Å². The molecule has 9 heteroatoms. The number of nitrogens with zero attached hydrogens (tertiary/aromatic N) is 2. The van der Waals surface area contributed by atoms with Crippen LogP contribution in [0, 0.1) is 21.8 Å². The number of H-pyrrole nitrogens is 1. The monoisotopic (exact) mass is 562 g/mol. The van der Waals surface area contributed by atoms with Gasteiger partial charge in [-0.25, -0.2) is 0 Å². The summed E-state index contributed by atoms with van der Waals surface area (Å²) >= 11 is 8.30. The van der Waals surface area contributed by atoms with Crippen LogP contribution in [0.2, 0.25) is 5.02 Å². The number of aromatic nitrogens is 2. The lowest BCUT2D eigenvalue weighted by Crippen LogP contribution is -2.21. The Kier molecular flexibility index (Phi) is 6.48. The van der Waals surface area contributed by atoms with Crippen LogP contribution in [0.3, 0.4) is 0 Å². The van der Waals surface area contributed by atoms with Gasteiger partial charge in [-0.15, -0.1) is 5.10 Å². The molecule has 0 amide bonds. The molecule has 0 saturated carbocycles. The first-order chi connectivity index (χ1) is 15.4. The Balaban J connectivity index is 1.76. The first-order valence-corrected chi connectivity index (χ1v) is 11.3. The Labute approximate surface area is 204 Å². The van der Waals surface area contributed by atoms with E-state index in [2.05, 4.69) is 38.9 Å². The van der Waals surface area contributed by atoms with Gasteiger partial charge in [0.05, 0.1) is 16.1 Å². The van der Waals surface area contributed by atoms with E-state index in [1.165, 1.54) is 0 Å². The average Bonchev–Trinajstić information content (AvgIpc) is 3.12. The molecule has 7 nitrogen and oxygen atoms in total. The topological polar surface area (TPSA) is 106 Å². The number of nitrogens with one attached hydrogen (secondary N) is 1. The largest absolute Gasteiger partial charge is 0.490 e. The van der Waals surface area contributed by atoms with Crippen LogP contribution in [0.15, 0.2) is 47.9 Å². The highest BCUT2D eigenvalue weighted by atomic mass is 127. The summed E-state index contributed by atoms with van der Waals surface area (Å²) in [4.78, 5) is 0. The molecule has 1 aromatic heterocycles. The van der Waals surface area contributed by atoms with Crippen molar-refractivity contribution in [2.75, 3.05) is 6.61 Å². The molecule has 3 N–H and O–H groups in total. The van der Waals surface area contributed by atoms with E-state index in [0.29, 0.717) is 41.2 Å². The van der Waals surface area contributed by atoms with Crippen molar-refractivity contribution in [1.29, 1.82) is 5.26 Å². The van der Waals surface area contributed by atoms with Gasteiger partial charge in [-0.2, -0.15) is 5.26 Å². The Morgan fingerprint density at radius 1 is 1.31 bits per heavy atom. The fourth-order valence-electron chi connectivity index (χ4n) is 3.67. The molecule has 2 heterocycles. The number of aromatic amines is 1. The second-order valence-electron chi connectivity index (χ2n) is 7.17. The van der Waals surface area contributed by atoms with Crippen LogP contribution in [0.25, 0.3) is 0 Å². The molecule has 0 unspecified atom stereocenters. The van der Waals surface area contributed by atoms with Gasteiger partial charge in [-0.05, 0) is 71.8 Å². The van der Waals surface area contributed by atoms with Gasteiger partial charge in [0.15, 0.2) is 11.5 Å². The van der Waals surface area contributed by atoms with E-state index in [0.717, 1.165) is 26.0 Å². The molecular formula is C23H20ClIN4O3. The van der Waals surface area contributed by atoms with Crippen molar-refractivity contribution in [1.82, 2.24) is 10.2 Å². The summed E-state index contributed by atoms with van der Waals surface area (Å²) in [6, 6.07) is 13.6. The number of aryl methyl sites for hydroxylation is 1. The van der Waals surface area contributed by atoms with Crippen molar-refractivity contribution in [3.05, 3.63) is 78.8 Å². The van der Waals surface area contributed by atoms with Gasteiger partial charge in [0.25, 0.3) is 0 Å². The molecule has 0 radical (unpaired) electrons. The Morgan fingerprint density at radius 2 is 2.12 bits per heavy atom. The highest BCUT2D eigenvalue weighted by Gasteiger charge is 2.35. The second-order valence-corrected chi connectivity index (χ2v) is 8.77. The van der Waals surface area contributed by atoms with E-state index in [1.807, 2.05) is 50.2 Å². The number of rotatable bonds is 6. The second kappa shape index (κ2) is 9.30. The molecule has 3 aromatic rings. The predicted molar refractivity (Wildman–Crippen MR) is 129 cm³/mol. The zero-order valence-electron chi connectivity index (χ0n) is 17.4. The Hall–Kier alpha value is -2.90. The van der Waals surface area contributed by atoms with E-state index in [9.17, 15) is 5.26 Å². The molecule has 32 heavy (non-hydrogen) atoms. The van der Waals surface area contributed by atoms with Crippen molar-refractivity contribution in [2.45, 2.75) is 26.4 Å². The number of hydrogen-bond donors (Lipinski definition) is 2. The van der Waals surface area contributed by atoms with E-state index in [-0.39, 0.29) is 5.88 Å². The van der Waals surface area contributed by atoms with E-state index in [4.69, 9.17) is 31.5 Å². The lowest BCUT2D eigenvalue weighted by Gasteiger charge is -2.25. The quantitative estimate of drug-likeness (QED) is 0.402. The standard InChI is InChI=1S/C23H20ClIN4O3/c1-3-30-18-9-14(8-17(25)21(18)31-11-13-5-4-6-15(24)7-13)20-16(10-26)22(27)32-23-19(20)12(2)28-29-23/h4-9,20H,3,11,27H2,1-2H3,(H,28,29)/t20-/m0/s1. The number of nitriles is 1. The number of nitrogens with two attached hydrogens (primary N) is 1. The zero-order chi connectivity index (χ0) is 22.8. The van der Waals surface area contributed by atoms with Crippen LogP contribution in [0.5, 0.6) is 17.4 Å². The molecule has 0 fully saturated rings. The van der Waals surface area contributed by atoms with Crippen molar-refractivity contribution < 1.29 is 14.2 Å². The molecule has 1 aliphatic rings. The number of allylic oxidation sites excluding steroid dienone is 1. The number of fused-ring (bicyclic) bond motifs is 1. The molecule has 0 bridgehead atoms. The Morgan fingerprint density at radius 3 is 2.84 bits per heavy atom. The zero-order valence-corrected chi connectivity index (χ0v) is 20.3. The highest BCUT2D eigenvalue weighted by Crippen LogP contribution is 2.46. The number of ether oxygens (including phenoxy) is 3. The number of hydrogen-bond acceptors (Lipinski definition) is 6. The van der Waals surface area contributed by atoms with Crippen LogP contribution in [0.1, 0.15) is 35.2 Å². The molecule has 0 spiro atoms. The number of halogens is 2. The van der Waals surface area contributed by atoms with Gasteiger partial charge < -0.3 is 19.9 Å². The summed E-state index contributed by atoms with van der Waals surface area (Å²) < 4.78 is 18.4. The Bertz CT molecular complexity index is 1250. The minimum absolute atomic E-state index is 0.0470. The predicted octanol–water partition coefficient (Wildman–Crippen LogP) is 5.17. The molecule has 164 valence electrons. The van der Waals surface area contributed by atoms with E-state index < -0.39 is 5.92 Å². The van der Waals surface area contributed by atoms with Gasteiger partial charge in [-0.3, -0.25) is 5.10 Å². The van der Waals surface area contributed by atoms with Crippen molar-refractivity contribution in [3.8, 4) is 23.4 Å². The maximum Gasteiger partial charge on any atom is 0.244 e. The highest BCUT2D eigenvalue weighted by molar-refractivity contribution is 14.1. The molecule has 0 saturated heterocycles. The normalized spacial score (nSPS) is 15.0. The van der Waals surface area contributed by atoms with Crippen LogP contribution in [-0.4, -0.2) is 16.8 Å². The minimum Gasteiger partial charge on any atom is -0.490 e. The fraction of sp³-hybridized carbons (Fsp3) is 0.217. The smallest absolute Gasteiger partial charge is 0.244 e. The molecule has 4 rings (SSSR count). The van der Waals surface area contributed by atoms with Crippen LogP contribution < -0.4 is 19.9 Å². The summed E-state index contributed by atoms with van der Waals surface area (Å²) in [6.45, 7) is 4.59. The third kappa shape index (κ3) is 4.23. The average molecular weight is 563 g/mol. The first-order valence-electron chi connectivity index (χ1n) is 9.88. The van der Waals surface area contributed by atoms with Crippen molar-refractivity contribution >= 4 is 34.2 Å². The molecule has 2 aromatic carbocycles. The summed E-state index contributed by atoms with van der Waals surface area (Å²) in [6.07, 6.45) is 0. The van der Waals surface area contributed by atoms with Gasteiger partial charge in [0.2, 0.25) is 11.8 Å². The molecule has 0 aliphatic carbocycles. The van der Waals surface area contributed by atoms with Crippen LogP contribution in [0.4, 0.5) is 0 Å². The van der Waals surface area contributed by atoms with Gasteiger partial charge in [0, 0.05) is 16.3 Å². The van der Waals surface area contributed by atoms with Gasteiger partial charge in [-0.1, -0.05) is 23.7 Å². The molecule has 1 aliphatic heterocycles. The van der Waals surface area contributed by atoms with Gasteiger partial charge >= 0.3 is 0 Å². The van der Waals surface area contributed by atoms with Gasteiger partial charge in [0.1, 0.15) is 18.2 Å².